The highest BCUT2D eigenvalue weighted by Crippen LogP contribution is 2.31. The van der Waals surface area contributed by atoms with Crippen LogP contribution < -0.4 is 21.5 Å². The molecule has 8 nitrogen and oxygen atoms in total. The van der Waals surface area contributed by atoms with Crippen LogP contribution in [0.25, 0.3) is 10.9 Å². The number of fused-ring (bicyclic) bond motifs is 1. The Bertz CT molecular complexity index is 1200. The van der Waals surface area contributed by atoms with Crippen LogP contribution in [0.15, 0.2) is 59.5 Å². The summed E-state index contributed by atoms with van der Waals surface area (Å²) >= 11 is 0. The average molecular weight is 390 g/mol. The van der Waals surface area contributed by atoms with E-state index in [1.807, 2.05) is 48.7 Å². The van der Waals surface area contributed by atoms with Crippen molar-refractivity contribution in [2.24, 2.45) is 0 Å². The molecular weight excluding hydrogens is 368 g/mol. The van der Waals surface area contributed by atoms with Crippen LogP contribution in [0, 0.1) is 6.92 Å². The third-order valence-corrected chi connectivity index (χ3v) is 5.03. The Morgan fingerprint density at radius 1 is 1.17 bits per heavy atom. The lowest BCUT2D eigenvalue weighted by atomic mass is 9.91. The molecule has 148 valence electrons. The molecule has 0 unspecified atom stereocenters. The highest BCUT2D eigenvalue weighted by atomic mass is 16.5. The minimum absolute atomic E-state index is 0.0183. The van der Waals surface area contributed by atoms with Gasteiger partial charge in [-0.1, -0.05) is 30.3 Å². The fraction of sp³-hybridized carbons (Fsp3) is 0.190. The maximum atomic E-state index is 12.1. The maximum Gasteiger partial charge on any atom is 0.295 e. The Labute approximate surface area is 167 Å². The third-order valence-electron chi connectivity index (χ3n) is 5.03. The first-order valence-corrected chi connectivity index (χ1v) is 9.23. The number of nitrogens with two attached hydrogens (primary N) is 1. The number of para-hydroxylation sites is 1. The number of methoxy groups -OCH3 is 1. The minimum Gasteiger partial charge on any atom is -0.497 e. The molecule has 0 amide bonds. The Kier molecular flexibility index (Phi) is 4.90. The molecule has 0 saturated heterocycles. The predicted octanol–water partition coefficient (Wildman–Crippen LogP) is 2.39. The lowest BCUT2D eigenvalue weighted by Crippen LogP contribution is -2.34. The summed E-state index contributed by atoms with van der Waals surface area (Å²) in [5.74, 6) is 6.87. The summed E-state index contributed by atoms with van der Waals surface area (Å²) in [5, 5.41) is 12.2. The van der Waals surface area contributed by atoms with Crippen molar-refractivity contribution >= 4 is 16.9 Å². The monoisotopic (exact) mass is 390 g/mol. The molecule has 0 bridgehead atoms. The van der Waals surface area contributed by atoms with Gasteiger partial charge in [0, 0.05) is 29.6 Å². The Morgan fingerprint density at radius 3 is 2.69 bits per heavy atom. The zero-order chi connectivity index (χ0) is 20.4. The number of aromatic amines is 1. The van der Waals surface area contributed by atoms with Crippen molar-refractivity contribution in [1.82, 2.24) is 19.9 Å². The summed E-state index contributed by atoms with van der Waals surface area (Å²) < 4.78 is 6.27. The first kappa shape index (κ1) is 18.5. The van der Waals surface area contributed by atoms with Crippen LogP contribution in [-0.2, 0) is 0 Å². The number of rotatable bonds is 6. The summed E-state index contributed by atoms with van der Waals surface area (Å²) in [5.41, 5.74) is 3.15. The zero-order valence-corrected chi connectivity index (χ0v) is 16.2. The van der Waals surface area contributed by atoms with Crippen molar-refractivity contribution in [2.45, 2.75) is 12.8 Å². The largest absolute Gasteiger partial charge is 0.497 e. The van der Waals surface area contributed by atoms with Gasteiger partial charge in [0.1, 0.15) is 11.4 Å². The van der Waals surface area contributed by atoms with Crippen molar-refractivity contribution in [3.05, 3.63) is 81.9 Å². The van der Waals surface area contributed by atoms with Crippen LogP contribution in [0.3, 0.4) is 0 Å². The van der Waals surface area contributed by atoms with Gasteiger partial charge in [0.2, 0.25) is 5.95 Å². The number of aromatic nitrogens is 4. The van der Waals surface area contributed by atoms with Gasteiger partial charge in [-0.25, -0.2) is 0 Å². The molecule has 2 heterocycles. The topological polar surface area (TPSA) is 111 Å². The number of benzene rings is 2. The molecule has 4 aromatic rings. The van der Waals surface area contributed by atoms with Gasteiger partial charge in [-0.05, 0) is 36.2 Å². The zero-order valence-electron chi connectivity index (χ0n) is 16.2. The van der Waals surface area contributed by atoms with Crippen LogP contribution >= 0.6 is 0 Å². The van der Waals surface area contributed by atoms with Crippen molar-refractivity contribution < 1.29 is 4.74 Å². The summed E-state index contributed by atoms with van der Waals surface area (Å²) in [6.07, 6.45) is 2.01. The van der Waals surface area contributed by atoms with Crippen molar-refractivity contribution in [1.29, 1.82) is 0 Å². The molecule has 0 fully saturated rings. The van der Waals surface area contributed by atoms with E-state index in [9.17, 15) is 4.79 Å². The molecule has 2 aromatic carbocycles. The van der Waals surface area contributed by atoms with Crippen molar-refractivity contribution in [3.63, 3.8) is 0 Å². The normalized spacial score (nSPS) is 12.1. The van der Waals surface area contributed by atoms with Gasteiger partial charge in [0.15, 0.2) is 0 Å². The molecule has 0 saturated carbocycles. The van der Waals surface area contributed by atoms with Gasteiger partial charge >= 0.3 is 0 Å². The molecule has 0 radical (unpaired) electrons. The number of nitrogen functional groups attached to an aromatic ring is 1. The second kappa shape index (κ2) is 7.67. The highest BCUT2D eigenvalue weighted by molar-refractivity contribution is 5.84. The second-order valence-electron chi connectivity index (χ2n) is 6.78. The molecule has 8 heteroatoms. The molecule has 0 aliphatic carbocycles. The lowest BCUT2D eigenvalue weighted by Gasteiger charge is -2.19. The first-order chi connectivity index (χ1) is 14.1. The molecular formula is C21H22N6O2. The molecule has 4 rings (SSSR count). The number of nitrogens with zero attached hydrogens (tertiary/aromatic N) is 3. The number of ether oxygens (including phenoxy) is 1. The van der Waals surface area contributed by atoms with Gasteiger partial charge in [0.05, 0.1) is 7.11 Å². The van der Waals surface area contributed by atoms with Crippen LogP contribution in [-0.4, -0.2) is 33.5 Å². The van der Waals surface area contributed by atoms with E-state index in [0.717, 1.165) is 32.5 Å². The third kappa shape index (κ3) is 3.52. The SMILES string of the molecule is COc1ccc([C@@H](CNc2nnc(C)c(=O)n2N)c2c[nH]c3ccccc23)cc1. The smallest absolute Gasteiger partial charge is 0.295 e. The number of H-pyrrole nitrogens is 1. The lowest BCUT2D eigenvalue weighted by molar-refractivity contribution is 0.414. The Hall–Kier alpha value is -3.81. The Morgan fingerprint density at radius 2 is 1.93 bits per heavy atom. The number of anilines is 1. The van der Waals surface area contributed by atoms with Gasteiger partial charge < -0.3 is 20.9 Å². The van der Waals surface area contributed by atoms with Crippen LogP contribution in [0.1, 0.15) is 22.7 Å². The van der Waals surface area contributed by atoms with Gasteiger partial charge in [-0.2, -0.15) is 4.68 Å². The Balaban J connectivity index is 1.72. The minimum atomic E-state index is -0.379. The summed E-state index contributed by atoms with van der Waals surface area (Å²) in [6, 6.07) is 16.1. The number of hydrogen-bond donors (Lipinski definition) is 3. The summed E-state index contributed by atoms with van der Waals surface area (Å²) in [6.45, 7) is 2.05. The van der Waals surface area contributed by atoms with Crippen molar-refractivity contribution in [2.75, 3.05) is 24.8 Å². The molecule has 29 heavy (non-hydrogen) atoms. The van der Waals surface area contributed by atoms with Crippen molar-refractivity contribution in [3.8, 4) is 5.75 Å². The second-order valence-corrected chi connectivity index (χ2v) is 6.78. The first-order valence-electron chi connectivity index (χ1n) is 9.23. The van der Waals surface area contributed by atoms with Crippen LogP contribution in [0.4, 0.5) is 5.95 Å². The maximum absolute atomic E-state index is 12.1. The standard InChI is InChI=1S/C21H22N6O2/c1-13-20(28)27(22)21(26-25-13)24-11-17(14-7-9-15(29-2)10-8-14)18-12-23-19-6-4-3-5-16(18)19/h3-10,12,17,23H,11,22H2,1-2H3,(H,24,26)/t17-/m1/s1. The molecule has 1 atom stereocenters. The average Bonchev–Trinajstić information content (AvgIpc) is 3.18. The highest BCUT2D eigenvalue weighted by Gasteiger charge is 2.19. The van der Waals surface area contributed by atoms with E-state index < -0.39 is 0 Å². The van der Waals surface area contributed by atoms with Gasteiger partial charge in [-0.3, -0.25) is 4.79 Å². The number of aryl methyl sites for hydroxylation is 1. The number of nitrogens with one attached hydrogen (secondary N) is 2. The summed E-state index contributed by atoms with van der Waals surface area (Å²) in [4.78, 5) is 15.4. The van der Waals surface area contributed by atoms with E-state index in [4.69, 9.17) is 10.6 Å². The van der Waals surface area contributed by atoms with Crippen LogP contribution in [0.2, 0.25) is 0 Å². The molecule has 4 N–H and O–H groups in total. The number of hydrogen-bond acceptors (Lipinski definition) is 6. The fourth-order valence-electron chi connectivity index (χ4n) is 3.42. The van der Waals surface area contributed by atoms with Gasteiger partial charge in [0.25, 0.3) is 5.56 Å². The predicted molar refractivity (Wildman–Crippen MR) is 113 cm³/mol. The molecule has 0 spiro atoms. The quantitative estimate of drug-likeness (QED) is 0.436. The van der Waals surface area contributed by atoms with Gasteiger partial charge in [-0.15, -0.1) is 10.2 Å². The molecule has 0 aliphatic rings. The summed E-state index contributed by atoms with van der Waals surface area (Å²) in [7, 11) is 1.64. The van der Waals surface area contributed by atoms with E-state index in [-0.39, 0.29) is 23.1 Å². The fourth-order valence-corrected chi connectivity index (χ4v) is 3.42. The van der Waals surface area contributed by atoms with Crippen LogP contribution in [0.5, 0.6) is 5.75 Å². The van der Waals surface area contributed by atoms with E-state index >= 15 is 0 Å². The van der Waals surface area contributed by atoms with E-state index in [1.54, 1.807) is 14.0 Å². The molecule has 2 aromatic heterocycles. The van der Waals surface area contributed by atoms with E-state index in [1.165, 1.54) is 0 Å². The van der Waals surface area contributed by atoms with E-state index in [2.05, 4.69) is 26.6 Å². The molecule has 0 aliphatic heterocycles. The van der Waals surface area contributed by atoms with E-state index in [0.29, 0.717) is 6.54 Å².